The minimum absolute atomic E-state index is 1.34. The van der Waals surface area contributed by atoms with Crippen molar-refractivity contribution in [2.45, 2.75) is 11.0 Å². The molecule has 0 unspecified atom stereocenters. The lowest BCUT2D eigenvalue weighted by Crippen LogP contribution is -2.42. The third kappa shape index (κ3) is 10.9. The number of rotatable bonds is 10. The number of hydrogen-bond acceptors (Lipinski definition) is 8. The van der Waals surface area contributed by atoms with Gasteiger partial charge in [0.15, 0.2) is 34.8 Å². The van der Waals surface area contributed by atoms with Gasteiger partial charge in [-0.05, 0) is 72.8 Å². The van der Waals surface area contributed by atoms with Crippen LogP contribution in [0.25, 0.3) is 0 Å². The van der Waals surface area contributed by atoms with Crippen LogP contribution >= 0.6 is 14.5 Å². The van der Waals surface area contributed by atoms with E-state index in [0.717, 1.165) is 0 Å². The molecule has 0 saturated heterocycles. The fourth-order valence-electron chi connectivity index (χ4n) is 6.84. The summed E-state index contributed by atoms with van der Waals surface area (Å²) in [5, 5.41) is 8.02. The molecule has 0 saturated carbocycles. The van der Waals surface area contributed by atoms with Gasteiger partial charge in [-0.15, -0.1) is 0 Å². The Bertz CT molecular complexity index is 2220. The Morgan fingerprint density at radius 3 is 0.597 bits per heavy atom. The first-order chi connectivity index (χ1) is 29.0. The van der Waals surface area contributed by atoms with Gasteiger partial charge < -0.3 is 18.9 Å². The van der Waals surface area contributed by atoms with Crippen LogP contribution in [0.1, 0.15) is 0 Å². The van der Waals surface area contributed by atoms with E-state index in [4.69, 9.17) is 25.9 Å². The maximum atomic E-state index is 10.7. The molecule has 6 aromatic carbocycles. The highest BCUT2D eigenvalue weighted by Gasteiger charge is 2.61. The molecule has 18 heteroatoms. The van der Waals surface area contributed by atoms with Gasteiger partial charge in [-0.25, -0.2) is 16.8 Å². The second kappa shape index (κ2) is 20.4. The largest absolute Gasteiger partial charge is 0.741 e. The van der Waals surface area contributed by atoms with E-state index in [9.17, 15) is 26.3 Å². The van der Waals surface area contributed by atoms with Crippen LogP contribution in [0.3, 0.4) is 0 Å². The fraction of sp³-hybridized carbons (Fsp3) is 0.136. The van der Waals surface area contributed by atoms with Gasteiger partial charge in [0.2, 0.25) is 10.9 Å². The van der Waals surface area contributed by atoms with Crippen LogP contribution in [0.2, 0.25) is 0 Å². The molecule has 0 aliphatic rings. The molecule has 0 radical (unpaired) electrons. The van der Waals surface area contributed by atoms with Crippen molar-refractivity contribution in [2.75, 3.05) is 28.2 Å². The van der Waals surface area contributed by atoms with E-state index in [1.165, 1.54) is 42.7 Å². The van der Waals surface area contributed by atoms with Crippen molar-refractivity contribution in [1.29, 1.82) is 0 Å². The number of benzene rings is 6. The zero-order valence-electron chi connectivity index (χ0n) is 33.6. The molecule has 0 aliphatic heterocycles. The van der Waals surface area contributed by atoms with Crippen LogP contribution in [0.4, 0.5) is 26.3 Å². The summed E-state index contributed by atoms with van der Waals surface area (Å²) in [5.41, 5.74) is -8.59. The summed E-state index contributed by atoms with van der Waals surface area (Å²) in [4.78, 5) is 4.86. The zero-order chi connectivity index (χ0) is 46.0. The summed E-state index contributed by atoms with van der Waals surface area (Å²) in [7, 11) is -8.18. The van der Waals surface area contributed by atoms with Crippen molar-refractivity contribution < 1.29 is 52.3 Å². The van der Waals surface area contributed by atoms with Crippen molar-refractivity contribution in [1.82, 2.24) is 9.80 Å². The normalized spacial score (nSPS) is 12.7. The number of alkyl halides is 6. The van der Waals surface area contributed by atoms with Gasteiger partial charge >= 0.3 is 11.0 Å². The van der Waals surface area contributed by atoms with E-state index in [0.29, 0.717) is 0 Å². The van der Waals surface area contributed by atoms with Gasteiger partial charge in [0.1, 0.15) is 31.8 Å². The molecular weight excluding hydrogens is 893 g/mol. The molecular formula is C44H42F6N2O6P2S2. The third-order valence-corrected chi connectivity index (χ3v) is 19.4. The molecule has 62 heavy (non-hydrogen) atoms. The molecule has 0 bridgehead atoms. The van der Waals surface area contributed by atoms with Crippen LogP contribution in [0.15, 0.2) is 193 Å². The molecule has 0 aromatic heterocycles. The van der Waals surface area contributed by atoms with E-state index in [1.54, 1.807) is 0 Å². The SMILES string of the molecule is CN(C)/C(=C(/N(C)C)[P+](c1ccccc1)(c1ccccc1)c1ccccc1)[P+](c1ccccc1)(c1ccccc1)c1ccccc1.O=S(=O)([O-])C(F)(F)F.O=S(=O)([O-])C(F)(F)F. The van der Waals surface area contributed by atoms with Crippen LogP contribution in [-0.2, 0) is 20.2 Å². The molecule has 0 heterocycles. The Hall–Kier alpha value is -5.08. The van der Waals surface area contributed by atoms with Crippen LogP contribution in [0.5, 0.6) is 0 Å². The molecule has 0 fully saturated rings. The van der Waals surface area contributed by atoms with Crippen molar-refractivity contribution in [3.8, 4) is 0 Å². The van der Waals surface area contributed by atoms with E-state index in [2.05, 4.69) is 220 Å². The summed E-state index contributed by atoms with van der Waals surface area (Å²) in [5.74, 6) is 0. The standard InChI is InChI=1S/C42H42N2P2.2CHF3O3S/c1-43(2)41(45(35-23-11-5-12-24-35,36-25-13-6-14-26-36)37-27-15-7-16-28-37)42(44(3)4)46(38-29-17-8-18-30-38,39-31-19-9-20-32-39)40-33-21-10-22-34-40;2*2-1(3,4)8(5,6)7/h5-34H,1-4H3;2*(H,5,6,7)/q+2;;/p-2/b42-41+;;. The van der Waals surface area contributed by atoms with Gasteiger partial charge in [0.25, 0.3) is 0 Å². The van der Waals surface area contributed by atoms with Crippen molar-refractivity contribution >= 4 is 66.6 Å². The quantitative estimate of drug-likeness (QED) is 0.0607. The topological polar surface area (TPSA) is 121 Å². The Morgan fingerprint density at radius 2 is 0.500 bits per heavy atom. The Labute approximate surface area is 359 Å². The first kappa shape index (κ1) is 49.6. The highest BCUT2D eigenvalue weighted by molar-refractivity contribution is 8.02. The Kier molecular flexibility index (Phi) is 16.3. The minimum Gasteiger partial charge on any atom is -0.741 e. The average Bonchev–Trinajstić information content (AvgIpc) is 3.23. The van der Waals surface area contributed by atoms with Crippen LogP contribution in [-0.4, -0.2) is 74.9 Å². The highest BCUT2D eigenvalue weighted by Crippen LogP contribution is 2.72. The van der Waals surface area contributed by atoms with Crippen molar-refractivity contribution in [2.24, 2.45) is 0 Å². The molecule has 328 valence electrons. The predicted molar refractivity (Wildman–Crippen MR) is 236 cm³/mol. The number of halogens is 6. The summed E-state index contributed by atoms with van der Waals surface area (Å²) in [6, 6.07) is 67.4. The van der Waals surface area contributed by atoms with Gasteiger partial charge in [-0.2, -0.15) is 26.3 Å². The fourth-order valence-corrected chi connectivity index (χ4v) is 16.9. The smallest absolute Gasteiger partial charge is 0.485 e. The molecule has 8 nitrogen and oxygen atoms in total. The van der Waals surface area contributed by atoms with Gasteiger partial charge in [-0.1, -0.05) is 109 Å². The summed E-state index contributed by atoms with van der Waals surface area (Å²) in [6.45, 7) is 0. The summed E-state index contributed by atoms with van der Waals surface area (Å²) < 4.78 is 118. The van der Waals surface area contributed by atoms with Gasteiger partial charge in [0.05, 0.1) is 0 Å². The second-order valence-electron chi connectivity index (χ2n) is 13.6. The van der Waals surface area contributed by atoms with Crippen LogP contribution in [0, 0.1) is 0 Å². The van der Waals surface area contributed by atoms with Gasteiger partial charge in [0, 0.05) is 28.2 Å². The maximum Gasteiger partial charge on any atom is 0.485 e. The summed E-state index contributed by atoms with van der Waals surface area (Å²) in [6.07, 6.45) is 0. The van der Waals surface area contributed by atoms with E-state index in [1.807, 2.05) is 0 Å². The lowest BCUT2D eigenvalue weighted by atomic mass is 10.3. The first-order valence-electron chi connectivity index (χ1n) is 18.3. The van der Waals surface area contributed by atoms with E-state index in [-0.39, 0.29) is 0 Å². The van der Waals surface area contributed by atoms with E-state index < -0.39 is 45.8 Å². The summed E-state index contributed by atoms with van der Waals surface area (Å²) >= 11 is 0. The first-order valence-corrected chi connectivity index (χ1v) is 24.7. The highest BCUT2D eigenvalue weighted by atomic mass is 32.2. The molecule has 0 atom stereocenters. The minimum atomic E-state index is -6.09. The Balaban J connectivity index is 0.000000448. The van der Waals surface area contributed by atoms with E-state index >= 15 is 0 Å². The maximum absolute atomic E-state index is 10.7. The average molecular weight is 935 g/mol. The monoisotopic (exact) mass is 934 g/mol. The Morgan fingerprint density at radius 1 is 0.371 bits per heavy atom. The third-order valence-electron chi connectivity index (χ3n) is 9.11. The lowest BCUT2D eigenvalue weighted by Gasteiger charge is -2.39. The molecule has 0 N–H and O–H groups in total. The molecule has 0 aliphatic carbocycles. The van der Waals surface area contributed by atoms with Crippen LogP contribution < -0.4 is 31.8 Å². The molecule has 6 rings (SSSR count). The molecule has 0 amide bonds. The number of hydrogen-bond donors (Lipinski definition) is 0. The lowest BCUT2D eigenvalue weighted by molar-refractivity contribution is -0.0522. The number of nitrogens with zero attached hydrogens (tertiary/aromatic N) is 2. The van der Waals surface area contributed by atoms with Crippen molar-refractivity contribution in [3.05, 3.63) is 193 Å². The molecule has 6 aromatic rings. The zero-order valence-corrected chi connectivity index (χ0v) is 37.1. The molecule has 0 spiro atoms. The van der Waals surface area contributed by atoms with Gasteiger partial charge in [-0.3, -0.25) is 0 Å². The predicted octanol–water partition coefficient (Wildman–Crippen LogP) is 7.33. The van der Waals surface area contributed by atoms with Crippen molar-refractivity contribution in [3.63, 3.8) is 0 Å². The second-order valence-corrected chi connectivity index (χ2v) is 23.0.